The summed E-state index contributed by atoms with van der Waals surface area (Å²) >= 11 is 0. The van der Waals surface area contributed by atoms with Crippen LogP contribution in [0.5, 0.6) is 0 Å². The van der Waals surface area contributed by atoms with Crippen LogP contribution in [0.4, 0.5) is 0 Å². The second-order valence-electron chi connectivity index (χ2n) is 4.43. The van der Waals surface area contributed by atoms with Gasteiger partial charge in [-0.15, -0.1) is 5.16 Å². The van der Waals surface area contributed by atoms with Gasteiger partial charge in [-0.2, -0.15) is 0 Å². The molecule has 0 aromatic rings. The van der Waals surface area contributed by atoms with Gasteiger partial charge in [-0.1, -0.05) is 19.3 Å². The molecule has 1 heterocycles. The Kier molecular flexibility index (Phi) is 3.40. The summed E-state index contributed by atoms with van der Waals surface area (Å²) in [5, 5.41) is 3.52. The first kappa shape index (κ1) is 9.97. The van der Waals surface area contributed by atoms with Crippen LogP contribution in [-0.4, -0.2) is 36.9 Å². The molecule has 0 aromatic carbocycles. The zero-order chi connectivity index (χ0) is 9.80. The molecule has 0 bridgehead atoms. The second kappa shape index (κ2) is 4.78. The van der Waals surface area contributed by atoms with E-state index in [0.717, 1.165) is 19.0 Å². The summed E-state index contributed by atoms with van der Waals surface area (Å²) in [7, 11) is 0. The fourth-order valence-corrected chi connectivity index (χ4v) is 2.72. The number of hydrogen-bond acceptors (Lipinski definition) is 3. The Morgan fingerprint density at radius 2 is 1.93 bits per heavy atom. The third-order valence-corrected chi connectivity index (χ3v) is 3.49. The fourth-order valence-electron chi connectivity index (χ4n) is 2.72. The van der Waals surface area contributed by atoms with Crippen molar-refractivity contribution in [2.24, 2.45) is 5.16 Å². The highest BCUT2D eigenvalue weighted by Gasteiger charge is 2.29. The van der Waals surface area contributed by atoms with Crippen molar-refractivity contribution in [1.29, 1.82) is 0 Å². The van der Waals surface area contributed by atoms with E-state index in [2.05, 4.69) is 16.8 Å². The summed E-state index contributed by atoms with van der Waals surface area (Å²) in [5.41, 5.74) is 0. The Labute approximate surface area is 86.1 Å². The Bertz CT molecular complexity index is 190. The summed E-state index contributed by atoms with van der Waals surface area (Å²) in [4.78, 5) is 7.77. The van der Waals surface area contributed by atoms with Crippen LogP contribution in [-0.2, 0) is 4.84 Å². The molecule has 0 amide bonds. The Morgan fingerprint density at radius 3 is 2.64 bits per heavy atom. The Morgan fingerprint density at radius 1 is 1.14 bits per heavy atom. The van der Waals surface area contributed by atoms with Crippen molar-refractivity contribution in [2.45, 2.75) is 50.7 Å². The van der Waals surface area contributed by atoms with Crippen LogP contribution in [0.3, 0.4) is 0 Å². The zero-order valence-electron chi connectivity index (χ0n) is 8.82. The highest BCUT2D eigenvalue weighted by atomic mass is 16.6. The smallest absolute Gasteiger partial charge is 0.141 e. The van der Waals surface area contributed by atoms with E-state index in [4.69, 9.17) is 4.84 Å². The van der Waals surface area contributed by atoms with Crippen LogP contribution in [0.25, 0.3) is 0 Å². The lowest BCUT2D eigenvalue weighted by atomic mass is 9.94. The molecule has 0 spiro atoms. The minimum absolute atomic E-state index is 0.300. The zero-order valence-corrected chi connectivity index (χ0v) is 8.82. The van der Waals surface area contributed by atoms with E-state index in [-0.39, 0.29) is 0 Å². The highest BCUT2D eigenvalue weighted by molar-refractivity contribution is 5.21. The van der Waals surface area contributed by atoms with Crippen LogP contribution in [0.15, 0.2) is 5.16 Å². The van der Waals surface area contributed by atoms with Gasteiger partial charge in [-0.25, -0.2) is 0 Å². The van der Waals surface area contributed by atoms with Crippen LogP contribution < -0.4 is 0 Å². The molecule has 0 aromatic heterocycles. The predicted molar refractivity (Wildman–Crippen MR) is 57.5 cm³/mol. The van der Waals surface area contributed by atoms with E-state index >= 15 is 0 Å². The molecule has 2 aliphatic rings. The molecule has 0 radical (unpaired) electrons. The third kappa shape index (κ3) is 2.27. The summed E-state index contributed by atoms with van der Waals surface area (Å²) in [6, 6.07) is 0.821. The lowest BCUT2D eigenvalue weighted by Crippen LogP contribution is -2.35. The molecule has 1 aliphatic heterocycles. The van der Waals surface area contributed by atoms with Crippen molar-refractivity contribution >= 4 is 6.72 Å². The molecular weight excluding hydrogens is 176 g/mol. The maximum absolute atomic E-state index is 5.20. The molecule has 1 aliphatic carbocycles. The average Bonchev–Trinajstić information content (AvgIpc) is 2.68. The minimum Gasteiger partial charge on any atom is -0.392 e. The minimum atomic E-state index is 0.300. The molecule has 2 rings (SSSR count). The van der Waals surface area contributed by atoms with Gasteiger partial charge in [0.15, 0.2) is 0 Å². The standard InChI is InChI=1S/C11H20N2O/c1-12-14-11-7-8-13(9-11)10-5-3-2-4-6-10/h10-11H,1-9H2/t11-/m1/s1. The number of nitrogens with zero attached hydrogens (tertiary/aromatic N) is 2. The quantitative estimate of drug-likeness (QED) is 0.509. The molecule has 0 N–H and O–H groups in total. The maximum atomic E-state index is 5.20. The SMILES string of the molecule is C=NO[C@@H]1CCN(C2CCCCC2)C1. The van der Waals surface area contributed by atoms with Gasteiger partial charge in [0.2, 0.25) is 0 Å². The Hall–Kier alpha value is -0.570. The van der Waals surface area contributed by atoms with Crippen molar-refractivity contribution in [3.63, 3.8) is 0 Å². The molecule has 2 fully saturated rings. The van der Waals surface area contributed by atoms with Gasteiger partial charge in [0.05, 0.1) is 0 Å². The van der Waals surface area contributed by atoms with Gasteiger partial charge in [0.1, 0.15) is 6.10 Å². The van der Waals surface area contributed by atoms with E-state index in [1.54, 1.807) is 0 Å². The van der Waals surface area contributed by atoms with E-state index in [1.165, 1.54) is 38.6 Å². The summed E-state index contributed by atoms with van der Waals surface area (Å²) in [6.07, 6.45) is 8.43. The third-order valence-electron chi connectivity index (χ3n) is 3.49. The van der Waals surface area contributed by atoms with Crippen LogP contribution >= 0.6 is 0 Å². The van der Waals surface area contributed by atoms with Gasteiger partial charge in [-0.3, -0.25) is 4.90 Å². The van der Waals surface area contributed by atoms with Crippen molar-refractivity contribution in [3.05, 3.63) is 0 Å². The van der Waals surface area contributed by atoms with Crippen molar-refractivity contribution in [1.82, 2.24) is 4.90 Å². The largest absolute Gasteiger partial charge is 0.392 e. The topological polar surface area (TPSA) is 24.8 Å². The molecule has 0 unspecified atom stereocenters. The first-order valence-corrected chi connectivity index (χ1v) is 5.76. The molecule has 1 atom stereocenters. The second-order valence-corrected chi connectivity index (χ2v) is 4.43. The summed E-state index contributed by atoms with van der Waals surface area (Å²) < 4.78 is 0. The first-order chi connectivity index (χ1) is 6.90. The van der Waals surface area contributed by atoms with Gasteiger partial charge < -0.3 is 4.84 Å². The van der Waals surface area contributed by atoms with Crippen LogP contribution in [0.2, 0.25) is 0 Å². The molecular formula is C11H20N2O. The van der Waals surface area contributed by atoms with Crippen LogP contribution in [0.1, 0.15) is 38.5 Å². The van der Waals surface area contributed by atoms with Gasteiger partial charge in [0, 0.05) is 32.3 Å². The fraction of sp³-hybridized carbons (Fsp3) is 0.909. The molecule has 1 saturated heterocycles. The van der Waals surface area contributed by atoms with Crippen LogP contribution in [0, 0.1) is 0 Å². The highest BCUT2D eigenvalue weighted by Crippen LogP contribution is 2.26. The normalized spacial score (nSPS) is 30.4. The van der Waals surface area contributed by atoms with Gasteiger partial charge >= 0.3 is 0 Å². The predicted octanol–water partition coefficient (Wildman–Crippen LogP) is 2.03. The molecule has 3 heteroatoms. The number of oxime groups is 1. The van der Waals surface area contributed by atoms with Crippen molar-refractivity contribution < 1.29 is 4.84 Å². The van der Waals surface area contributed by atoms with Crippen molar-refractivity contribution in [3.8, 4) is 0 Å². The van der Waals surface area contributed by atoms with E-state index in [0.29, 0.717) is 6.10 Å². The number of rotatable bonds is 3. The lowest BCUT2D eigenvalue weighted by molar-refractivity contribution is 0.0598. The lowest BCUT2D eigenvalue weighted by Gasteiger charge is -2.30. The summed E-state index contributed by atoms with van der Waals surface area (Å²) in [5.74, 6) is 0. The molecule has 14 heavy (non-hydrogen) atoms. The molecule has 1 saturated carbocycles. The monoisotopic (exact) mass is 196 g/mol. The number of likely N-dealkylation sites (tertiary alicyclic amines) is 1. The summed E-state index contributed by atoms with van der Waals surface area (Å²) in [6.45, 7) is 5.62. The first-order valence-electron chi connectivity index (χ1n) is 5.76. The Balaban J connectivity index is 1.78. The van der Waals surface area contributed by atoms with E-state index < -0.39 is 0 Å². The van der Waals surface area contributed by atoms with Crippen molar-refractivity contribution in [2.75, 3.05) is 13.1 Å². The number of hydrogen-bond donors (Lipinski definition) is 0. The van der Waals surface area contributed by atoms with Gasteiger partial charge in [0.25, 0.3) is 0 Å². The molecule has 3 nitrogen and oxygen atoms in total. The average molecular weight is 196 g/mol. The van der Waals surface area contributed by atoms with E-state index in [9.17, 15) is 0 Å². The molecule has 80 valence electrons. The van der Waals surface area contributed by atoms with E-state index in [1.807, 2.05) is 0 Å². The van der Waals surface area contributed by atoms with Gasteiger partial charge in [-0.05, 0) is 12.8 Å². The maximum Gasteiger partial charge on any atom is 0.141 e.